The molecule has 0 amide bonds. The minimum atomic E-state index is -0.205. The number of ketones is 1. The third-order valence-electron chi connectivity index (χ3n) is 5.03. The molecule has 1 aromatic carbocycles. The number of phenolic OH excluding ortho intramolecular Hbond substituents is 1. The average Bonchev–Trinajstić information content (AvgIpc) is 2.38. The van der Waals surface area contributed by atoms with Crippen molar-refractivity contribution in [3.8, 4) is 5.75 Å². The number of allylic oxidation sites excluding steroid dienone is 2. The number of aryl methyl sites for hydroxylation is 1. The minimum Gasteiger partial charge on any atom is -0.508 e. The molecule has 2 unspecified atom stereocenters. The maximum absolute atomic E-state index is 12.5. The molecule has 2 heteroatoms. The highest BCUT2D eigenvalue weighted by atomic mass is 16.3. The van der Waals surface area contributed by atoms with E-state index >= 15 is 0 Å². The summed E-state index contributed by atoms with van der Waals surface area (Å²) in [6, 6.07) is 5.64. The third kappa shape index (κ3) is 1.73. The molecule has 3 rings (SSSR count). The Morgan fingerprint density at radius 1 is 1.42 bits per heavy atom. The minimum absolute atomic E-state index is 0.205. The Kier molecular flexibility index (Phi) is 2.77. The van der Waals surface area contributed by atoms with E-state index in [1.54, 1.807) is 6.07 Å². The Balaban J connectivity index is 2.15. The Hall–Kier alpha value is -1.57. The zero-order chi connectivity index (χ0) is 13.6. The zero-order valence-corrected chi connectivity index (χ0v) is 11.6. The number of benzene rings is 1. The van der Waals surface area contributed by atoms with Crippen molar-refractivity contribution in [2.75, 3.05) is 0 Å². The third-order valence-corrected chi connectivity index (χ3v) is 5.03. The lowest BCUT2D eigenvalue weighted by molar-refractivity contribution is -0.127. The van der Waals surface area contributed by atoms with Crippen molar-refractivity contribution in [3.63, 3.8) is 0 Å². The van der Waals surface area contributed by atoms with Gasteiger partial charge in [-0.25, -0.2) is 0 Å². The van der Waals surface area contributed by atoms with Crippen LogP contribution >= 0.6 is 0 Å². The smallest absolute Gasteiger partial charge is 0.162 e. The fourth-order valence-electron chi connectivity index (χ4n) is 3.92. The molecule has 0 saturated heterocycles. The van der Waals surface area contributed by atoms with Gasteiger partial charge in [0, 0.05) is 11.3 Å². The quantitative estimate of drug-likeness (QED) is 0.831. The molecule has 0 heterocycles. The molecular weight excluding hydrogens is 236 g/mol. The van der Waals surface area contributed by atoms with Crippen molar-refractivity contribution < 1.29 is 9.90 Å². The number of fused-ring (bicyclic) bond motifs is 3. The summed E-state index contributed by atoms with van der Waals surface area (Å²) in [7, 11) is 0. The normalized spacial score (nSPS) is 29.5. The van der Waals surface area contributed by atoms with Crippen LogP contribution in [0.15, 0.2) is 29.8 Å². The first-order chi connectivity index (χ1) is 9.06. The van der Waals surface area contributed by atoms with Gasteiger partial charge in [-0.2, -0.15) is 0 Å². The largest absolute Gasteiger partial charge is 0.508 e. The summed E-state index contributed by atoms with van der Waals surface area (Å²) in [5.74, 6) is 0.930. The average molecular weight is 256 g/mol. The molecule has 0 fully saturated rings. The predicted octanol–water partition coefficient (Wildman–Crippen LogP) is 3.74. The maximum Gasteiger partial charge on any atom is 0.162 e. The summed E-state index contributed by atoms with van der Waals surface area (Å²) in [6.45, 7) is 4.18. The second-order valence-corrected chi connectivity index (χ2v) is 6.00. The van der Waals surface area contributed by atoms with E-state index in [9.17, 15) is 9.90 Å². The Labute approximate surface area is 114 Å². The molecule has 0 radical (unpaired) electrons. The van der Waals surface area contributed by atoms with Crippen LogP contribution in [0.2, 0.25) is 0 Å². The number of hydrogen-bond donors (Lipinski definition) is 1. The Morgan fingerprint density at radius 3 is 2.95 bits per heavy atom. The van der Waals surface area contributed by atoms with E-state index in [1.807, 2.05) is 25.1 Å². The number of aromatic hydroxyl groups is 1. The molecule has 0 aliphatic heterocycles. The molecular formula is C17H20O2. The molecule has 2 nitrogen and oxygen atoms in total. The number of hydrogen-bond acceptors (Lipinski definition) is 2. The van der Waals surface area contributed by atoms with Crippen molar-refractivity contribution in [3.05, 3.63) is 41.0 Å². The molecule has 0 saturated carbocycles. The summed E-state index contributed by atoms with van der Waals surface area (Å²) in [4.78, 5) is 12.5. The van der Waals surface area contributed by atoms with Crippen molar-refractivity contribution in [1.29, 1.82) is 0 Å². The van der Waals surface area contributed by atoms with Gasteiger partial charge in [0.15, 0.2) is 5.78 Å². The topological polar surface area (TPSA) is 37.3 Å². The lowest BCUT2D eigenvalue weighted by atomic mass is 9.56. The van der Waals surface area contributed by atoms with Gasteiger partial charge < -0.3 is 5.11 Å². The van der Waals surface area contributed by atoms with Crippen molar-refractivity contribution in [1.82, 2.24) is 0 Å². The van der Waals surface area contributed by atoms with Crippen LogP contribution in [0.4, 0.5) is 0 Å². The van der Waals surface area contributed by atoms with E-state index < -0.39 is 0 Å². The maximum atomic E-state index is 12.5. The molecule has 2 aliphatic carbocycles. The first-order valence-corrected chi connectivity index (χ1v) is 7.10. The number of phenols is 1. The van der Waals surface area contributed by atoms with E-state index in [-0.39, 0.29) is 5.41 Å². The molecule has 1 N–H and O–H groups in total. The van der Waals surface area contributed by atoms with Crippen LogP contribution in [0.5, 0.6) is 5.75 Å². The van der Waals surface area contributed by atoms with Crippen molar-refractivity contribution >= 4 is 5.78 Å². The zero-order valence-electron chi connectivity index (χ0n) is 11.6. The van der Waals surface area contributed by atoms with Gasteiger partial charge in [0.25, 0.3) is 0 Å². The van der Waals surface area contributed by atoms with E-state index in [0.29, 0.717) is 17.5 Å². The van der Waals surface area contributed by atoms with Gasteiger partial charge in [-0.1, -0.05) is 18.6 Å². The predicted molar refractivity (Wildman–Crippen MR) is 75.3 cm³/mol. The Bertz CT molecular complexity index is 571. The van der Waals surface area contributed by atoms with Crippen LogP contribution in [0.1, 0.15) is 50.2 Å². The highest BCUT2D eigenvalue weighted by Crippen LogP contribution is 2.53. The Morgan fingerprint density at radius 2 is 2.21 bits per heavy atom. The molecule has 19 heavy (non-hydrogen) atoms. The summed E-state index contributed by atoms with van der Waals surface area (Å²) >= 11 is 0. The summed E-state index contributed by atoms with van der Waals surface area (Å²) in [6.07, 6.45) is 5.53. The SMILES string of the molecule is CCC12CCc3cc(O)ccc3C1CC(C)=CC2=O. The van der Waals surface area contributed by atoms with Gasteiger partial charge in [0.05, 0.1) is 0 Å². The number of carbonyl (C=O) groups is 1. The van der Waals surface area contributed by atoms with Crippen LogP contribution in [-0.2, 0) is 11.2 Å². The second-order valence-electron chi connectivity index (χ2n) is 6.00. The standard InChI is InChI=1S/C17H20O2/c1-3-17-7-6-12-10-13(18)4-5-14(12)15(17)8-11(2)9-16(17)19/h4-5,9-10,15,18H,3,6-8H2,1-2H3. The van der Waals surface area contributed by atoms with Crippen LogP contribution < -0.4 is 0 Å². The van der Waals surface area contributed by atoms with Crippen molar-refractivity contribution in [2.45, 2.75) is 45.4 Å². The highest BCUT2D eigenvalue weighted by Gasteiger charge is 2.48. The van der Waals surface area contributed by atoms with E-state index in [4.69, 9.17) is 0 Å². The first kappa shape index (κ1) is 12.5. The van der Waals surface area contributed by atoms with Gasteiger partial charge in [-0.15, -0.1) is 0 Å². The van der Waals surface area contributed by atoms with Gasteiger partial charge in [0.1, 0.15) is 5.75 Å². The van der Waals surface area contributed by atoms with Gasteiger partial charge in [0.2, 0.25) is 0 Å². The molecule has 2 aliphatic rings. The first-order valence-electron chi connectivity index (χ1n) is 7.10. The highest BCUT2D eigenvalue weighted by molar-refractivity contribution is 5.97. The van der Waals surface area contributed by atoms with E-state index in [0.717, 1.165) is 25.7 Å². The lowest BCUT2D eigenvalue weighted by Gasteiger charge is -2.45. The van der Waals surface area contributed by atoms with Gasteiger partial charge in [-0.05, 0) is 61.9 Å². The summed E-state index contributed by atoms with van der Waals surface area (Å²) in [5.41, 5.74) is 3.46. The second kappa shape index (κ2) is 4.22. The molecule has 1 aromatic rings. The van der Waals surface area contributed by atoms with E-state index in [1.165, 1.54) is 16.7 Å². The van der Waals surface area contributed by atoms with Crippen molar-refractivity contribution in [2.24, 2.45) is 5.41 Å². The lowest BCUT2D eigenvalue weighted by Crippen LogP contribution is -2.42. The van der Waals surface area contributed by atoms with Gasteiger partial charge >= 0.3 is 0 Å². The van der Waals surface area contributed by atoms with Gasteiger partial charge in [-0.3, -0.25) is 4.79 Å². The van der Waals surface area contributed by atoms with Crippen LogP contribution in [-0.4, -0.2) is 10.9 Å². The molecule has 100 valence electrons. The molecule has 0 aromatic heterocycles. The van der Waals surface area contributed by atoms with E-state index in [2.05, 4.69) is 6.92 Å². The molecule has 0 bridgehead atoms. The summed E-state index contributed by atoms with van der Waals surface area (Å²) in [5, 5.41) is 9.63. The monoisotopic (exact) mass is 256 g/mol. The molecule has 0 spiro atoms. The van der Waals surface area contributed by atoms with Crippen LogP contribution in [0.3, 0.4) is 0 Å². The number of carbonyl (C=O) groups excluding carboxylic acids is 1. The fourth-order valence-corrected chi connectivity index (χ4v) is 3.92. The van der Waals surface area contributed by atoms with Crippen LogP contribution in [0.25, 0.3) is 0 Å². The molecule has 2 atom stereocenters. The number of rotatable bonds is 1. The summed E-state index contributed by atoms with van der Waals surface area (Å²) < 4.78 is 0. The fraction of sp³-hybridized carbons (Fsp3) is 0.471. The van der Waals surface area contributed by atoms with Crippen LogP contribution in [0, 0.1) is 5.41 Å².